The van der Waals surface area contributed by atoms with Crippen LogP contribution in [0.2, 0.25) is 0 Å². The predicted molar refractivity (Wildman–Crippen MR) is 176 cm³/mol. The smallest absolute Gasteiger partial charge is 0.330 e. The lowest BCUT2D eigenvalue weighted by Gasteiger charge is -2.08. The molecule has 0 aromatic heterocycles. The van der Waals surface area contributed by atoms with Crippen molar-refractivity contribution in [1.29, 1.82) is 0 Å². The molecule has 8 heteroatoms. The number of aliphatic hydroxyl groups excluding tert-OH is 2. The Labute approximate surface area is 266 Å². The minimum Gasteiger partial charge on any atom is -0.504 e. The summed E-state index contributed by atoms with van der Waals surface area (Å²) in [6, 6.07) is 4.91. The second kappa shape index (κ2) is 27.9. The molecule has 0 radical (unpaired) electrons. The Hall–Kier alpha value is -2.58. The number of ether oxygens (including phenoxy) is 3. The lowest BCUT2D eigenvalue weighted by atomic mass is 10.0. The summed E-state index contributed by atoms with van der Waals surface area (Å²) >= 11 is 0. The van der Waals surface area contributed by atoms with E-state index in [9.17, 15) is 14.7 Å². The average Bonchev–Trinajstić information content (AvgIpc) is 3.03. The van der Waals surface area contributed by atoms with Gasteiger partial charge in [0.05, 0.1) is 20.3 Å². The van der Waals surface area contributed by atoms with Gasteiger partial charge in [-0.1, -0.05) is 122 Å². The molecular weight excluding hydrogens is 560 g/mol. The molecule has 1 atom stereocenters. The van der Waals surface area contributed by atoms with Crippen molar-refractivity contribution in [3.63, 3.8) is 0 Å². The Morgan fingerprint density at radius 1 is 0.727 bits per heavy atom. The number of rotatable bonds is 29. The van der Waals surface area contributed by atoms with Crippen LogP contribution < -0.4 is 4.74 Å². The van der Waals surface area contributed by atoms with Gasteiger partial charge in [0.15, 0.2) is 11.5 Å². The summed E-state index contributed by atoms with van der Waals surface area (Å²) < 4.78 is 15.2. The Balaban J connectivity index is 1.77. The molecule has 0 saturated carbocycles. The van der Waals surface area contributed by atoms with Crippen LogP contribution in [0.1, 0.15) is 140 Å². The molecule has 3 N–H and O–H groups in total. The maximum atomic E-state index is 11.9. The average molecular weight is 621 g/mol. The number of carbonyl (C=O) groups excluding carboxylic acids is 2. The van der Waals surface area contributed by atoms with E-state index in [0.717, 1.165) is 37.7 Å². The summed E-state index contributed by atoms with van der Waals surface area (Å²) in [5.74, 6) is -0.206. The van der Waals surface area contributed by atoms with Crippen molar-refractivity contribution < 1.29 is 39.1 Å². The van der Waals surface area contributed by atoms with E-state index in [0.29, 0.717) is 18.8 Å². The number of aromatic hydroxyl groups is 1. The first-order valence-corrected chi connectivity index (χ1v) is 17.1. The summed E-state index contributed by atoms with van der Waals surface area (Å²) in [5, 5.41) is 27.5. The topological polar surface area (TPSA) is 123 Å². The number of aliphatic hydroxyl groups is 2. The molecule has 44 heavy (non-hydrogen) atoms. The normalized spacial score (nSPS) is 12.0. The van der Waals surface area contributed by atoms with Crippen LogP contribution in [0.3, 0.4) is 0 Å². The van der Waals surface area contributed by atoms with Gasteiger partial charge in [-0.2, -0.15) is 0 Å². The van der Waals surface area contributed by atoms with Crippen LogP contribution in [0.25, 0.3) is 6.08 Å². The van der Waals surface area contributed by atoms with Crippen LogP contribution in [0.4, 0.5) is 0 Å². The lowest BCUT2D eigenvalue weighted by molar-refractivity contribution is -0.147. The molecule has 0 unspecified atom stereocenters. The molecule has 0 aliphatic heterocycles. The molecule has 1 aromatic carbocycles. The van der Waals surface area contributed by atoms with Gasteiger partial charge in [0, 0.05) is 12.5 Å². The Kier molecular flexibility index (Phi) is 25.0. The summed E-state index contributed by atoms with van der Waals surface area (Å²) in [6.07, 6.45) is 27.1. The van der Waals surface area contributed by atoms with Gasteiger partial charge >= 0.3 is 11.9 Å². The molecule has 1 rings (SSSR count). The number of benzene rings is 1. The van der Waals surface area contributed by atoms with Crippen molar-refractivity contribution in [2.45, 2.75) is 141 Å². The zero-order valence-electron chi connectivity index (χ0n) is 27.3. The highest BCUT2D eigenvalue weighted by Crippen LogP contribution is 2.26. The lowest BCUT2D eigenvalue weighted by Crippen LogP contribution is -2.21. The molecule has 1 aromatic rings. The van der Waals surface area contributed by atoms with Gasteiger partial charge in [-0.25, -0.2) is 4.79 Å². The Morgan fingerprint density at radius 3 is 1.68 bits per heavy atom. The van der Waals surface area contributed by atoms with Gasteiger partial charge in [0.1, 0.15) is 12.7 Å². The molecule has 0 saturated heterocycles. The molecule has 0 aliphatic carbocycles. The molecule has 0 amide bonds. The number of phenolic OH excluding ortho intramolecular Hbond substituents is 1. The zero-order valence-corrected chi connectivity index (χ0v) is 27.3. The van der Waals surface area contributed by atoms with Gasteiger partial charge in [0.25, 0.3) is 0 Å². The number of unbranched alkanes of at least 4 members (excludes halogenated alkanes) is 19. The van der Waals surface area contributed by atoms with Gasteiger partial charge in [0.2, 0.25) is 0 Å². The maximum absolute atomic E-state index is 11.9. The SMILES string of the molecule is COc1cc(/C=C/C(=O)OCCCCCCCCCCCCCCCCCCCCCCC(=O)OC[C@H](O)CO)ccc1O. The number of carbonyl (C=O) groups is 2. The van der Waals surface area contributed by atoms with E-state index in [2.05, 4.69) is 0 Å². The monoisotopic (exact) mass is 620 g/mol. The number of methoxy groups -OCH3 is 1. The van der Waals surface area contributed by atoms with E-state index in [1.165, 1.54) is 116 Å². The number of esters is 2. The minimum absolute atomic E-state index is 0.0676. The first-order chi connectivity index (χ1) is 21.5. The van der Waals surface area contributed by atoms with Gasteiger partial charge in [-0.05, 0) is 36.6 Å². The summed E-state index contributed by atoms with van der Waals surface area (Å²) in [7, 11) is 1.49. The summed E-state index contributed by atoms with van der Waals surface area (Å²) in [6.45, 7) is -0.0572. The molecule has 252 valence electrons. The quantitative estimate of drug-likeness (QED) is 0.0467. The first-order valence-electron chi connectivity index (χ1n) is 17.1. The molecular formula is C36H60O8. The molecule has 0 spiro atoms. The highest BCUT2D eigenvalue weighted by atomic mass is 16.5. The van der Waals surface area contributed by atoms with Gasteiger partial charge in [-0.3, -0.25) is 4.79 Å². The van der Waals surface area contributed by atoms with E-state index in [-0.39, 0.29) is 30.9 Å². The standard InChI is InChI=1S/C36H60O8/c1-42-34-28-31(23-25-33(34)39)24-26-36(41)43-27-21-19-17-15-13-11-9-7-5-3-2-4-6-8-10-12-14-16-18-20-22-35(40)44-30-32(38)29-37/h23-26,28,32,37-39H,2-22,27,29-30H2,1H3/b26-24+/t32-/m1/s1. The molecule has 0 aliphatic rings. The number of hydrogen-bond donors (Lipinski definition) is 3. The Morgan fingerprint density at radius 2 is 1.20 bits per heavy atom. The highest BCUT2D eigenvalue weighted by molar-refractivity contribution is 5.87. The molecule has 8 nitrogen and oxygen atoms in total. The van der Waals surface area contributed by atoms with Crippen LogP contribution in [0.15, 0.2) is 24.3 Å². The maximum Gasteiger partial charge on any atom is 0.330 e. The third kappa shape index (κ3) is 22.9. The number of hydrogen-bond acceptors (Lipinski definition) is 8. The van der Waals surface area contributed by atoms with Crippen molar-refractivity contribution in [1.82, 2.24) is 0 Å². The third-order valence-electron chi connectivity index (χ3n) is 7.78. The molecule has 0 bridgehead atoms. The van der Waals surface area contributed by atoms with E-state index in [4.69, 9.17) is 24.4 Å². The van der Waals surface area contributed by atoms with Crippen molar-refractivity contribution in [2.75, 3.05) is 26.9 Å². The minimum atomic E-state index is -0.975. The summed E-state index contributed by atoms with van der Waals surface area (Å²) in [5.41, 5.74) is 0.763. The van der Waals surface area contributed by atoms with Crippen LogP contribution in [-0.2, 0) is 19.1 Å². The van der Waals surface area contributed by atoms with Gasteiger partial charge in [-0.15, -0.1) is 0 Å². The fourth-order valence-electron chi connectivity index (χ4n) is 5.05. The van der Waals surface area contributed by atoms with Crippen LogP contribution >= 0.6 is 0 Å². The van der Waals surface area contributed by atoms with E-state index < -0.39 is 6.10 Å². The third-order valence-corrected chi connectivity index (χ3v) is 7.78. The van der Waals surface area contributed by atoms with Crippen molar-refractivity contribution >= 4 is 18.0 Å². The van der Waals surface area contributed by atoms with Crippen LogP contribution in [-0.4, -0.2) is 60.3 Å². The fraction of sp³-hybridized carbons (Fsp3) is 0.722. The van der Waals surface area contributed by atoms with Gasteiger partial charge < -0.3 is 29.5 Å². The fourth-order valence-corrected chi connectivity index (χ4v) is 5.05. The second-order valence-electron chi connectivity index (χ2n) is 11.8. The van der Waals surface area contributed by atoms with Crippen molar-refractivity contribution in [3.05, 3.63) is 29.8 Å². The van der Waals surface area contributed by atoms with Crippen LogP contribution in [0, 0.1) is 0 Å². The first kappa shape index (κ1) is 39.4. The predicted octanol–water partition coefficient (Wildman–Crippen LogP) is 8.05. The van der Waals surface area contributed by atoms with E-state index >= 15 is 0 Å². The van der Waals surface area contributed by atoms with E-state index in [1.54, 1.807) is 18.2 Å². The zero-order chi connectivity index (χ0) is 32.1. The van der Waals surface area contributed by atoms with E-state index in [1.807, 2.05) is 0 Å². The van der Waals surface area contributed by atoms with Crippen molar-refractivity contribution in [3.8, 4) is 11.5 Å². The Bertz CT molecular complexity index is 885. The molecule has 0 heterocycles. The summed E-state index contributed by atoms with van der Waals surface area (Å²) in [4.78, 5) is 23.4. The van der Waals surface area contributed by atoms with Crippen molar-refractivity contribution in [2.24, 2.45) is 0 Å². The van der Waals surface area contributed by atoms with Crippen LogP contribution in [0.5, 0.6) is 11.5 Å². The number of phenols is 1. The largest absolute Gasteiger partial charge is 0.504 e. The molecule has 0 fully saturated rings. The highest BCUT2D eigenvalue weighted by Gasteiger charge is 2.07. The second-order valence-corrected chi connectivity index (χ2v) is 11.8.